The van der Waals surface area contributed by atoms with E-state index in [2.05, 4.69) is 9.97 Å². The van der Waals surface area contributed by atoms with E-state index in [1.165, 1.54) is 0 Å². The Balaban J connectivity index is 2.47. The number of nitrogens with zero attached hydrogens (tertiary/aromatic N) is 1. The second-order valence-corrected chi connectivity index (χ2v) is 4.47. The molecule has 4 N–H and O–H groups in total. The van der Waals surface area contributed by atoms with Gasteiger partial charge in [-0.25, -0.2) is 4.98 Å². The molecular weight excluding hydrogens is 210 g/mol. The average molecular weight is 229 g/mol. The number of imidazole rings is 1. The van der Waals surface area contributed by atoms with Crippen LogP contribution in [0.2, 0.25) is 0 Å². The number of aryl methyl sites for hydroxylation is 1. The van der Waals surface area contributed by atoms with Crippen molar-refractivity contribution >= 4 is 11.8 Å². The summed E-state index contributed by atoms with van der Waals surface area (Å²) in [4.78, 5) is 7.60. The van der Waals surface area contributed by atoms with Gasteiger partial charge in [-0.05, 0) is 25.5 Å². The lowest BCUT2D eigenvalue weighted by molar-refractivity contribution is 0.284. The molecule has 1 atom stereocenters. The minimum Gasteiger partial charge on any atom is -0.396 e. The number of aromatic amines is 1. The monoisotopic (exact) mass is 229 g/mol. The van der Waals surface area contributed by atoms with Crippen LogP contribution in [-0.2, 0) is 6.42 Å². The van der Waals surface area contributed by atoms with Crippen LogP contribution >= 0.6 is 11.8 Å². The van der Waals surface area contributed by atoms with E-state index in [9.17, 15) is 0 Å². The number of H-pyrrole nitrogens is 1. The molecule has 0 bridgehead atoms. The Labute approximate surface area is 94.7 Å². The van der Waals surface area contributed by atoms with Gasteiger partial charge in [0.05, 0.1) is 5.25 Å². The molecule has 0 spiro atoms. The van der Waals surface area contributed by atoms with E-state index in [1.54, 1.807) is 11.8 Å². The summed E-state index contributed by atoms with van der Waals surface area (Å²) in [7, 11) is 0. The van der Waals surface area contributed by atoms with E-state index in [1.807, 2.05) is 12.5 Å². The Morgan fingerprint density at radius 1 is 1.60 bits per heavy atom. The van der Waals surface area contributed by atoms with Gasteiger partial charge in [-0.15, -0.1) is 0 Å². The van der Waals surface area contributed by atoms with E-state index < -0.39 is 0 Å². The molecule has 0 saturated heterocycles. The highest BCUT2D eigenvalue weighted by Crippen LogP contribution is 2.22. The molecule has 15 heavy (non-hydrogen) atoms. The minimum atomic E-state index is 0.261. The molecule has 0 saturated carbocycles. The maximum Gasteiger partial charge on any atom is 0.120 e. The Bertz CT molecular complexity index is 273. The summed E-state index contributed by atoms with van der Waals surface area (Å²) in [5.74, 6) is 0.962. The van der Waals surface area contributed by atoms with Crippen LogP contribution in [0.25, 0.3) is 0 Å². The van der Waals surface area contributed by atoms with Crippen molar-refractivity contribution in [2.24, 2.45) is 5.73 Å². The van der Waals surface area contributed by atoms with Crippen molar-refractivity contribution in [3.8, 4) is 0 Å². The van der Waals surface area contributed by atoms with Gasteiger partial charge in [0.15, 0.2) is 0 Å². The predicted octanol–water partition coefficient (Wildman–Crippen LogP) is 1.09. The second kappa shape index (κ2) is 6.87. The van der Waals surface area contributed by atoms with E-state index in [4.69, 9.17) is 10.8 Å². The number of nitrogens with two attached hydrogens (primary N) is 1. The van der Waals surface area contributed by atoms with Crippen LogP contribution in [0.4, 0.5) is 0 Å². The Morgan fingerprint density at radius 2 is 2.40 bits per heavy atom. The van der Waals surface area contributed by atoms with Crippen molar-refractivity contribution in [1.29, 1.82) is 0 Å². The molecule has 0 radical (unpaired) electrons. The molecule has 0 amide bonds. The number of aliphatic hydroxyl groups is 1. The largest absolute Gasteiger partial charge is 0.396 e. The molecule has 1 aromatic rings. The first-order valence-corrected chi connectivity index (χ1v) is 6.48. The van der Waals surface area contributed by atoms with Crippen LogP contribution in [0.5, 0.6) is 0 Å². The summed E-state index contributed by atoms with van der Waals surface area (Å²) >= 11 is 1.71. The smallest absolute Gasteiger partial charge is 0.120 e. The Hall–Kier alpha value is -0.520. The molecule has 0 aliphatic carbocycles. The van der Waals surface area contributed by atoms with Gasteiger partial charge in [0.1, 0.15) is 5.82 Å². The van der Waals surface area contributed by atoms with Crippen molar-refractivity contribution in [2.75, 3.05) is 19.4 Å². The van der Waals surface area contributed by atoms with Crippen LogP contribution in [-0.4, -0.2) is 34.5 Å². The van der Waals surface area contributed by atoms with Crippen LogP contribution in [0.3, 0.4) is 0 Å². The van der Waals surface area contributed by atoms with E-state index in [-0.39, 0.29) is 11.9 Å². The topological polar surface area (TPSA) is 74.9 Å². The fourth-order valence-corrected chi connectivity index (χ4v) is 1.95. The molecule has 0 aliphatic rings. The highest BCUT2D eigenvalue weighted by molar-refractivity contribution is 7.98. The predicted molar refractivity (Wildman–Crippen MR) is 63.9 cm³/mol. The quantitative estimate of drug-likeness (QED) is 0.612. The number of hydrogen-bond acceptors (Lipinski definition) is 4. The van der Waals surface area contributed by atoms with E-state index >= 15 is 0 Å². The third-order valence-electron chi connectivity index (χ3n) is 2.31. The fraction of sp³-hybridized carbons (Fsp3) is 0.700. The lowest BCUT2D eigenvalue weighted by Crippen LogP contribution is -2.10. The first-order valence-electron chi connectivity index (χ1n) is 5.19. The van der Waals surface area contributed by atoms with Crippen molar-refractivity contribution in [3.05, 3.63) is 17.7 Å². The number of hydrogen-bond donors (Lipinski definition) is 3. The number of rotatable bonds is 7. The number of unbranched alkanes of at least 4 members (excludes halogenated alkanes) is 1. The number of aliphatic hydroxyl groups excluding tert-OH is 1. The lowest BCUT2D eigenvalue weighted by atomic mass is 10.2. The Kier molecular flexibility index (Phi) is 5.75. The number of aromatic nitrogens is 2. The number of nitrogens with one attached hydrogen (secondary N) is 1. The molecule has 0 aromatic carbocycles. The normalized spacial score (nSPS) is 13.0. The summed E-state index contributed by atoms with van der Waals surface area (Å²) in [5.41, 5.74) is 6.76. The third kappa shape index (κ3) is 3.85. The summed E-state index contributed by atoms with van der Waals surface area (Å²) in [6.07, 6.45) is 6.68. The maximum atomic E-state index is 8.67. The zero-order valence-electron chi connectivity index (χ0n) is 9.07. The minimum absolute atomic E-state index is 0.261. The van der Waals surface area contributed by atoms with Crippen molar-refractivity contribution in [2.45, 2.75) is 24.5 Å². The lowest BCUT2D eigenvalue weighted by Gasteiger charge is -2.07. The molecule has 1 heterocycles. The first-order chi connectivity index (χ1) is 7.31. The molecule has 86 valence electrons. The van der Waals surface area contributed by atoms with Gasteiger partial charge < -0.3 is 15.8 Å². The highest BCUT2D eigenvalue weighted by Gasteiger charge is 2.11. The zero-order chi connectivity index (χ0) is 11.1. The standard InChI is InChI=1S/C10H19N3OS/c1-15-9(6-11)10-12-7-8(13-10)4-2-3-5-14/h7,9,14H,2-6,11H2,1H3,(H,12,13). The average Bonchev–Trinajstić information content (AvgIpc) is 2.69. The summed E-state index contributed by atoms with van der Waals surface area (Å²) in [5, 5.41) is 8.93. The SMILES string of the molecule is CSC(CN)c1ncc(CCCCO)[nH]1. The molecular formula is C10H19N3OS. The van der Waals surface area contributed by atoms with Crippen LogP contribution in [0.1, 0.15) is 29.6 Å². The fourth-order valence-electron chi connectivity index (χ4n) is 1.41. The zero-order valence-corrected chi connectivity index (χ0v) is 9.89. The molecule has 0 fully saturated rings. The van der Waals surface area contributed by atoms with E-state index in [0.29, 0.717) is 6.54 Å². The van der Waals surface area contributed by atoms with Crippen molar-refractivity contribution in [3.63, 3.8) is 0 Å². The van der Waals surface area contributed by atoms with Crippen molar-refractivity contribution in [1.82, 2.24) is 9.97 Å². The van der Waals surface area contributed by atoms with Gasteiger partial charge in [-0.2, -0.15) is 11.8 Å². The molecule has 1 aromatic heterocycles. The summed E-state index contributed by atoms with van der Waals surface area (Å²) < 4.78 is 0. The molecule has 5 heteroatoms. The van der Waals surface area contributed by atoms with Gasteiger partial charge in [-0.1, -0.05) is 0 Å². The summed E-state index contributed by atoms with van der Waals surface area (Å²) in [6, 6.07) is 0. The molecule has 0 aliphatic heterocycles. The van der Waals surface area contributed by atoms with Gasteiger partial charge in [0, 0.05) is 25.0 Å². The maximum absolute atomic E-state index is 8.67. The van der Waals surface area contributed by atoms with Gasteiger partial charge in [0.25, 0.3) is 0 Å². The number of thioether (sulfide) groups is 1. The van der Waals surface area contributed by atoms with Crippen LogP contribution < -0.4 is 5.73 Å². The summed E-state index contributed by atoms with van der Waals surface area (Å²) in [6.45, 7) is 0.863. The van der Waals surface area contributed by atoms with Gasteiger partial charge in [-0.3, -0.25) is 0 Å². The Morgan fingerprint density at radius 3 is 3.00 bits per heavy atom. The molecule has 1 unspecified atom stereocenters. The van der Waals surface area contributed by atoms with Crippen LogP contribution in [0, 0.1) is 0 Å². The van der Waals surface area contributed by atoms with Crippen molar-refractivity contribution < 1.29 is 5.11 Å². The molecule has 4 nitrogen and oxygen atoms in total. The molecule has 1 rings (SSSR count). The highest BCUT2D eigenvalue weighted by atomic mass is 32.2. The van der Waals surface area contributed by atoms with Crippen LogP contribution in [0.15, 0.2) is 6.20 Å². The van der Waals surface area contributed by atoms with Gasteiger partial charge >= 0.3 is 0 Å². The van der Waals surface area contributed by atoms with E-state index in [0.717, 1.165) is 30.8 Å². The van der Waals surface area contributed by atoms with Gasteiger partial charge in [0.2, 0.25) is 0 Å². The first kappa shape index (κ1) is 12.5. The second-order valence-electron chi connectivity index (χ2n) is 3.43. The third-order valence-corrected chi connectivity index (χ3v) is 3.29.